The van der Waals surface area contributed by atoms with Crippen LogP contribution in [0.25, 0.3) is 0 Å². The Hall–Kier alpha value is -2.69. The molecular weight excluding hydrogens is 378 g/mol. The van der Waals surface area contributed by atoms with Gasteiger partial charge in [0.25, 0.3) is 5.91 Å². The Kier molecular flexibility index (Phi) is 7.61. The molecule has 1 N–H and O–H groups in total. The predicted molar refractivity (Wildman–Crippen MR) is 119 cm³/mol. The van der Waals surface area contributed by atoms with Gasteiger partial charge in [-0.15, -0.1) is 0 Å². The van der Waals surface area contributed by atoms with Crippen LogP contribution in [0.1, 0.15) is 62.3 Å². The molecule has 0 aliphatic heterocycles. The smallest absolute Gasteiger partial charge is 0.261 e. The van der Waals surface area contributed by atoms with E-state index in [-0.39, 0.29) is 11.9 Å². The Morgan fingerprint density at radius 3 is 2.33 bits per heavy atom. The highest BCUT2D eigenvalue weighted by Crippen LogP contribution is 2.31. The van der Waals surface area contributed by atoms with Crippen molar-refractivity contribution in [2.45, 2.75) is 64.5 Å². The highest BCUT2D eigenvalue weighted by molar-refractivity contribution is 5.81. The minimum Gasteiger partial charge on any atom is -0.493 e. The molecule has 3 rings (SSSR count). The van der Waals surface area contributed by atoms with Crippen molar-refractivity contribution in [1.29, 1.82) is 0 Å². The summed E-state index contributed by atoms with van der Waals surface area (Å²) in [4.78, 5) is 13.0. The van der Waals surface area contributed by atoms with Crippen molar-refractivity contribution in [1.82, 2.24) is 5.32 Å². The number of rotatable bonds is 9. The van der Waals surface area contributed by atoms with Gasteiger partial charge in [0.2, 0.25) is 0 Å². The van der Waals surface area contributed by atoms with Gasteiger partial charge in [-0.25, -0.2) is 0 Å². The third-order valence-corrected chi connectivity index (χ3v) is 5.80. The number of amides is 1. The monoisotopic (exact) mass is 411 g/mol. The molecule has 0 spiro atoms. The maximum atomic E-state index is 13.0. The summed E-state index contributed by atoms with van der Waals surface area (Å²) in [6.45, 7) is 4.02. The van der Waals surface area contributed by atoms with Crippen LogP contribution in [0.2, 0.25) is 0 Å². The van der Waals surface area contributed by atoms with Crippen LogP contribution in [0, 0.1) is 0 Å². The number of carbonyl (C=O) groups excluding carboxylic acids is 1. The summed E-state index contributed by atoms with van der Waals surface area (Å²) in [5, 5.41) is 3.15. The van der Waals surface area contributed by atoms with Gasteiger partial charge in [0.05, 0.1) is 20.3 Å². The molecule has 0 radical (unpaired) electrons. The topological polar surface area (TPSA) is 56.8 Å². The third-order valence-electron chi connectivity index (χ3n) is 5.80. The lowest BCUT2D eigenvalue weighted by atomic mass is 9.92. The van der Waals surface area contributed by atoms with Crippen molar-refractivity contribution in [3.05, 3.63) is 53.1 Å². The van der Waals surface area contributed by atoms with E-state index in [0.29, 0.717) is 17.9 Å². The van der Waals surface area contributed by atoms with E-state index < -0.39 is 6.10 Å². The number of hydrogen-bond donors (Lipinski definition) is 1. The maximum Gasteiger partial charge on any atom is 0.261 e. The summed E-state index contributed by atoms with van der Waals surface area (Å²) in [6, 6.07) is 11.9. The van der Waals surface area contributed by atoms with E-state index in [0.717, 1.165) is 30.6 Å². The Balaban J connectivity index is 1.70. The van der Waals surface area contributed by atoms with Crippen LogP contribution in [0.3, 0.4) is 0 Å². The summed E-state index contributed by atoms with van der Waals surface area (Å²) in [5.41, 5.74) is 3.74. The molecule has 2 aromatic carbocycles. The first-order valence-electron chi connectivity index (χ1n) is 10.9. The van der Waals surface area contributed by atoms with Crippen LogP contribution in [-0.4, -0.2) is 26.2 Å². The maximum absolute atomic E-state index is 13.0. The van der Waals surface area contributed by atoms with E-state index in [4.69, 9.17) is 14.2 Å². The second-order valence-electron chi connectivity index (χ2n) is 7.74. The van der Waals surface area contributed by atoms with Gasteiger partial charge in [0.1, 0.15) is 5.75 Å². The van der Waals surface area contributed by atoms with Crippen LogP contribution < -0.4 is 19.5 Å². The zero-order chi connectivity index (χ0) is 21.5. The van der Waals surface area contributed by atoms with Gasteiger partial charge < -0.3 is 19.5 Å². The number of benzene rings is 2. The molecule has 0 unspecified atom stereocenters. The van der Waals surface area contributed by atoms with Crippen molar-refractivity contribution in [3.8, 4) is 17.2 Å². The number of ether oxygens (including phenoxy) is 3. The second kappa shape index (κ2) is 10.4. The van der Waals surface area contributed by atoms with Gasteiger partial charge in [-0.05, 0) is 79.5 Å². The van der Waals surface area contributed by atoms with Gasteiger partial charge in [0, 0.05) is 0 Å². The fourth-order valence-corrected chi connectivity index (χ4v) is 4.02. The van der Waals surface area contributed by atoms with Gasteiger partial charge in [-0.2, -0.15) is 0 Å². The van der Waals surface area contributed by atoms with Gasteiger partial charge in [0.15, 0.2) is 17.6 Å². The Bertz CT molecular complexity index is 864. The molecule has 162 valence electrons. The lowest BCUT2D eigenvalue weighted by molar-refractivity contribution is -0.128. The average Bonchev–Trinajstić information content (AvgIpc) is 2.80. The second-order valence-corrected chi connectivity index (χ2v) is 7.74. The van der Waals surface area contributed by atoms with Crippen molar-refractivity contribution < 1.29 is 19.0 Å². The summed E-state index contributed by atoms with van der Waals surface area (Å²) in [7, 11) is 3.22. The van der Waals surface area contributed by atoms with Crippen molar-refractivity contribution in [3.63, 3.8) is 0 Å². The largest absolute Gasteiger partial charge is 0.493 e. The van der Waals surface area contributed by atoms with Crippen LogP contribution in [0.15, 0.2) is 36.4 Å². The van der Waals surface area contributed by atoms with Crippen LogP contribution in [0.4, 0.5) is 0 Å². The zero-order valence-corrected chi connectivity index (χ0v) is 18.5. The lowest BCUT2D eigenvalue weighted by Crippen LogP contribution is -2.40. The standard InChI is InChI=1S/C25H33NO4/c1-5-21(19-12-14-23(28-3)24(16-19)29-4)26-25(27)22(6-2)30-20-13-11-17-9-7-8-10-18(17)15-20/h11-16,21-22H,5-10H2,1-4H3,(H,26,27)/t21-,22-/m1/s1. The summed E-state index contributed by atoms with van der Waals surface area (Å²) >= 11 is 0. The number of methoxy groups -OCH3 is 2. The van der Waals surface area contributed by atoms with Crippen LogP contribution >= 0.6 is 0 Å². The summed E-state index contributed by atoms with van der Waals surface area (Å²) in [5.74, 6) is 2.00. The molecule has 5 heteroatoms. The van der Waals surface area contributed by atoms with Crippen LogP contribution in [0.5, 0.6) is 17.2 Å². The molecule has 30 heavy (non-hydrogen) atoms. The molecule has 0 saturated carbocycles. The third kappa shape index (κ3) is 5.07. The van der Waals surface area contributed by atoms with E-state index in [1.165, 1.54) is 24.0 Å². The fourth-order valence-electron chi connectivity index (χ4n) is 4.02. The molecule has 1 amide bonds. The molecule has 5 nitrogen and oxygen atoms in total. The van der Waals surface area contributed by atoms with Gasteiger partial charge in [-0.1, -0.05) is 26.0 Å². The molecule has 0 saturated heterocycles. The fraction of sp³-hybridized carbons (Fsp3) is 0.480. The molecule has 1 aliphatic rings. The minimum absolute atomic E-state index is 0.100. The molecule has 0 fully saturated rings. The highest BCUT2D eigenvalue weighted by atomic mass is 16.5. The van der Waals surface area contributed by atoms with Gasteiger partial charge >= 0.3 is 0 Å². The number of fused-ring (bicyclic) bond motifs is 1. The van der Waals surface area contributed by atoms with E-state index >= 15 is 0 Å². The first-order chi connectivity index (χ1) is 14.6. The van der Waals surface area contributed by atoms with E-state index in [9.17, 15) is 4.79 Å². The predicted octanol–water partition coefficient (Wildman–Crippen LogP) is 5.01. The molecule has 1 aliphatic carbocycles. The molecule has 2 aromatic rings. The summed E-state index contributed by atoms with van der Waals surface area (Å²) in [6.07, 6.45) is 5.53. The van der Waals surface area contributed by atoms with Crippen molar-refractivity contribution in [2.75, 3.05) is 14.2 Å². The number of nitrogens with one attached hydrogen (secondary N) is 1. The normalized spacial score (nSPS) is 14.9. The first-order valence-corrected chi connectivity index (χ1v) is 10.9. The molecule has 0 aromatic heterocycles. The van der Waals surface area contributed by atoms with E-state index in [2.05, 4.69) is 17.4 Å². The minimum atomic E-state index is -0.527. The van der Waals surface area contributed by atoms with Crippen molar-refractivity contribution >= 4 is 5.91 Å². The first kappa shape index (κ1) is 22.0. The van der Waals surface area contributed by atoms with Gasteiger partial charge in [-0.3, -0.25) is 4.79 Å². The van der Waals surface area contributed by atoms with Crippen LogP contribution in [-0.2, 0) is 17.6 Å². The quantitative estimate of drug-likeness (QED) is 0.630. The number of carbonyl (C=O) groups is 1. The Morgan fingerprint density at radius 2 is 1.67 bits per heavy atom. The van der Waals surface area contributed by atoms with Crippen molar-refractivity contribution in [2.24, 2.45) is 0 Å². The molecule has 2 atom stereocenters. The summed E-state index contributed by atoms with van der Waals surface area (Å²) < 4.78 is 16.8. The van der Waals surface area contributed by atoms with E-state index in [1.807, 2.05) is 38.1 Å². The Labute approximate surface area is 179 Å². The number of hydrogen-bond acceptors (Lipinski definition) is 4. The highest BCUT2D eigenvalue weighted by Gasteiger charge is 2.23. The molecule has 0 heterocycles. The zero-order valence-electron chi connectivity index (χ0n) is 18.5. The Morgan fingerprint density at radius 1 is 0.933 bits per heavy atom. The SMILES string of the molecule is CC[C@@H](Oc1ccc2c(c1)CCCC2)C(=O)N[C@H](CC)c1ccc(OC)c(OC)c1. The molecular formula is C25H33NO4. The average molecular weight is 412 g/mol. The number of aryl methyl sites for hydroxylation is 2. The van der Waals surface area contributed by atoms with E-state index in [1.54, 1.807) is 14.2 Å². The molecule has 0 bridgehead atoms. The lowest BCUT2D eigenvalue weighted by Gasteiger charge is -2.24.